The van der Waals surface area contributed by atoms with Crippen molar-refractivity contribution >= 4 is 27.6 Å². The van der Waals surface area contributed by atoms with Gasteiger partial charge in [0.15, 0.2) is 6.61 Å². The lowest BCUT2D eigenvalue weighted by Crippen LogP contribution is -2.22. The molecular formula is C20H24N2O5S. The van der Waals surface area contributed by atoms with Crippen LogP contribution < -0.4 is 10.5 Å². The Balaban J connectivity index is 2.11. The predicted octanol–water partition coefficient (Wildman–Crippen LogP) is 2.67. The van der Waals surface area contributed by atoms with Crippen LogP contribution in [0.5, 0.6) is 0 Å². The minimum atomic E-state index is -3.88. The molecule has 8 heteroatoms. The summed E-state index contributed by atoms with van der Waals surface area (Å²) in [5, 5.41) is 7.56. The number of amides is 1. The third-order valence-electron chi connectivity index (χ3n) is 4.98. The van der Waals surface area contributed by atoms with Gasteiger partial charge in [0.05, 0.1) is 10.5 Å². The second kappa shape index (κ2) is 8.12. The standard InChI is InChI=1S/C20H24N2O5S/c1-11-12(2)14(4)19(15(5)13(11)3)20(24)27-10-18(23)22-16-7-6-8-17(9-16)28(21,25)26/h6-9H,10H2,1-5H3,(H,22,23)(H2,21,25,26). The van der Waals surface area contributed by atoms with E-state index < -0.39 is 28.5 Å². The Morgan fingerprint density at radius 1 is 0.964 bits per heavy atom. The zero-order chi connectivity index (χ0) is 21.2. The number of hydrogen-bond acceptors (Lipinski definition) is 5. The van der Waals surface area contributed by atoms with Crippen LogP contribution in [0, 0.1) is 34.6 Å². The smallest absolute Gasteiger partial charge is 0.339 e. The molecule has 0 radical (unpaired) electrons. The Morgan fingerprint density at radius 3 is 2.04 bits per heavy atom. The zero-order valence-corrected chi connectivity index (χ0v) is 17.4. The van der Waals surface area contributed by atoms with Gasteiger partial charge in [-0.25, -0.2) is 18.4 Å². The number of rotatable bonds is 5. The first-order valence-corrected chi connectivity index (χ1v) is 10.1. The fourth-order valence-corrected chi connectivity index (χ4v) is 3.52. The summed E-state index contributed by atoms with van der Waals surface area (Å²) in [4.78, 5) is 24.5. The van der Waals surface area contributed by atoms with Gasteiger partial charge in [0, 0.05) is 5.69 Å². The number of primary sulfonamides is 1. The van der Waals surface area contributed by atoms with Crippen molar-refractivity contribution in [1.29, 1.82) is 0 Å². The summed E-state index contributed by atoms with van der Waals surface area (Å²) in [7, 11) is -3.88. The Labute approximate surface area is 164 Å². The summed E-state index contributed by atoms with van der Waals surface area (Å²) in [6.45, 7) is 9.10. The Morgan fingerprint density at radius 2 is 1.50 bits per heavy atom. The van der Waals surface area contributed by atoms with Crippen molar-refractivity contribution in [2.75, 3.05) is 11.9 Å². The summed E-state index contributed by atoms with van der Waals surface area (Å²) in [5.74, 6) is -1.16. The molecule has 0 spiro atoms. The number of carbonyl (C=O) groups is 2. The zero-order valence-electron chi connectivity index (χ0n) is 16.5. The number of sulfonamides is 1. The van der Waals surface area contributed by atoms with E-state index in [4.69, 9.17) is 9.88 Å². The summed E-state index contributed by atoms with van der Waals surface area (Å²) in [5.41, 5.74) is 5.50. The van der Waals surface area contributed by atoms with Gasteiger partial charge in [0.2, 0.25) is 10.0 Å². The largest absolute Gasteiger partial charge is 0.452 e. The predicted molar refractivity (Wildman–Crippen MR) is 107 cm³/mol. The molecule has 0 heterocycles. The van der Waals surface area contributed by atoms with Crippen molar-refractivity contribution in [1.82, 2.24) is 0 Å². The minimum Gasteiger partial charge on any atom is -0.452 e. The molecule has 0 unspecified atom stereocenters. The summed E-state index contributed by atoms with van der Waals surface area (Å²) in [6, 6.07) is 5.51. The van der Waals surface area contributed by atoms with Crippen LogP contribution in [0.2, 0.25) is 0 Å². The molecule has 0 atom stereocenters. The van der Waals surface area contributed by atoms with Gasteiger partial charge < -0.3 is 10.1 Å². The van der Waals surface area contributed by atoms with Crippen molar-refractivity contribution in [3.8, 4) is 0 Å². The van der Waals surface area contributed by atoms with Crippen LogP contribution in [0.4, 0.5) is 5.69 Å². The normalized spacial score (nSPS) is 11.2. The van der Waals surface area contributed by atoms with Crippen molar-refractivity contribution in [3.05, 3.63) is 57.6 Å². The van der Waals surface area contributed by atoms with Crippen LogP contribution in [0.25, 0.3) is 0 Å². The van der Waals surface area contributed by atoms with E-state index >= 15 is 0 Å². The van der Waals surface area contributed by atoms with Crippen LogP contribution in [-0.2, 0) is 19.6 Å². The molecule has 0 aliphatic rings. The highest BCUT2D eigenvalue weighted by molar-refractivity contribution is 7.89. The molecule has 3 N–H and O–H groups in total. The molecule has 2 rings (SSSR count). The molecule has 0 aliphatic carbocycles. The summed E-state index contributed by atoms with van der Waals surface area (Å²) in [6.07, 6.45) is 0. The summed E-state index contributed by atoms with van der Waals surface area (Å²) < 4.78 is 27.9. The van der Waals surface area contributed by atoms with E-state index in [0.29, 0.717) is 5.56 Å². The maximum Gasteiger partial charge on any atom is 0.339 e. The number of carbonyl (C=O) groups excluding carboxylic acids is 2. The van der Waals surface area contributed by atoms with E-state index in [0.717, 1.165) is 27.8 Å². The molecule has 0 bridgehead atoms. The molecule has 0 aromatic heterocycles. The highest BCUT2D eigenvalue weighted by Gasteiger charge is 2.20. The van der Waals surface area contributed by atoms with E-state index in [9.17, 15) is 18.0 Å². The maximum atomic E-state index is 12.5. The number of esters is 1. The van der Waals surface area contributed by atoms with Crippen molar-refractivity contribution in [2.45, 2.75) is 39.5 Å². The third-order valence-corrected chi connectivity index (χ3v) is 5.90. The molecule has 1 amide bonds. The molecule has 0 saturated heterocycles. The van der Waals surface area contributed by atoms with Crippen LogP contribution >= 0.6 is 0 Å². The molecule has 150 valence electrons. The second-order valence-electron chi connectivity index (χ2n) is 6.70. The van der Waals surface area contributed by atoms with Gasteiger partial charge in [-0.05, 0) is 80.6 Å². The van der Waals surface area contributed by atoms with Gasteiger partial charge in [-0.15, -0.1) is 0 Å². The van der Waals surface area contributed by atoms with E-state index in [1.807, 2.05) is 34.6 Å². The van der Waals surface area contributed by atoms with Crippen molar-refractivity contribution < 1.29 is 22.7 Å². The molecule has 2 aromatic carbocycles. The number of hydrogen-bond donors (Lipinski definition) is 2. The average Bonchev–Trinajstić information content (AvgIpc) is 2.63. The van der Waals surface area contributed by atoms with Crippen molar-refractivity contribution in [3.63, 3.8) is 0 Å². The summed E-state index contributed by atoms with van der Waals surface area (Å²) >= 11 is 0. The molecule has 28 heavy (non-hydrogen) atoms. The van der Waals surface area contributed by atoms with Gasteiger partial charge in [-0.1, -0.05) is 6.07 Å². The number of nitrogens with two attached hydrogens (primary N) is 1. The Bertz CT molecular complexity index is 1030. The lowest BCUT2D eigenvalue weighted by molar-refractivity contribution is -0.119. The number of ether oxygens (including phenoxy) is 1. The number of nitrogens with one attached hydrogen (secondary N) is 1. The number of anilines is 1. The van der Waals surface area contributed by atoms with Gasteiger partial charge >= 0.3 is 5.97 Å². The van der Waals surface area contributed by atoms with Gasteiger partial charge in [-0.2, -0.15) is 0 Å². The quantitative estimate of drug-likeness (QED) is 0.743. The lowest BCUT2D eigenvalue weighted by Gasteiger charge is -2.17. The highest BCUT2D eigenvalue weighted by atomic mass is 32.2. The SMILES string of the molecule is Cc1c(C)c(C)c(C(=O)OCC(=O)Nc2cccc(S(N)(=O)=O)c2)c(C)c1C. The minimum absolute atomic E-state index is 0.126. The van der Waals surface area contributed by atoms with E-state index in [-0.39, 0.29) is 10.6 Å². The third kappa shape index (κ3) is 4.58. The second-order valence-corrected chi connectivity index (χ2v) is 8.26. The first-order valence-electron chi connectivity index (χ1n) is 8.60. The molecule has 0 aliphatic heterocycles. The molecule has 0 saturated carbocycles. The van der Waals surface area contributed by atoms with Crippen LogP contribution in [0.1, 0.15) is 38.2 Å². The maximum absolute atomic E-state index is 12.5. The molecule has 2 aromatic rings. The molecule has 7 nitrogen and oxygen atoms in total. The van der Waals surface area contributed by atoms with E-state index in [1.165, 1.54) is 24.3 Å². The fraction of sp³-hybridized carbons (Fsp3) is 0.300. The number of benzene rings is 2. The lowest BCUT2D eigenvalue weighted by atomic mass is 9.90. The van der Waals surface area contributed by atoms with E-state index in [1.54, 1.807) is 0 Å². The molecule has 0 fully saturated rings. The monoisotopic (exact) mass is 404 g/mol. The van der Waals surface area contributed by atoms with Crippen LogP contribution in [-0.4, -0.2) is 26.9 Å². The molecular weight excluding hydrogens is 380 g/mol. The van der Waals surface area contributed by atoms with E-state index in [2.05, 4.69) is 5.32 Å². The van der Waals surface area contributed by atoms with Gasteiger partial charge in [-0.3, -0.25) is 4.79 Å². The van der Waals surface area contributed by atoms with Crippen LogP contribution in [0.3, 0.4) is 0 Å². The first kappa shape index (κ1) is 21.6. The van der Waals surface area contributed by atoms with Gasteiger partial charge in [0.25, 0.3) is 5.91 Å². The average molecular weight is 404 g/mol. The highest BCUT2D eigenvalue weighted by Crippen LogP contribution is 2.26. The Hall–Kier alpha value is -2.71. The van der Waals surface area contributed by atoms with Gasteiger partial charge in [0.1, 0.15) is 0 Å². The Kier molecular flexibility index (Phi) is 6.26. The topological polar surface area (TPSA) is 116 Å². The fourth-order valence-electron chi connectivity index (χ4n) is 2.96. The van der Waals surface area contributed by atoms with Crippen LogP contribution in [0.15, 0.2) is 29.2 Å². The van der Waals surface area contributed by atoms with Crippen molar-refractivity contribution in [2.24, 2.45) is 5.14 Å². The first-order chi connectivity index (χ1) is 12.9.